The highest BCUT2D eigenvalue weighted by atomic mass is 32.7. The van der Waals surface area contributed by atoms with Crippen LogP contribution in [0.3, 0.4) is 0 Å². The van der Waals surface area contributed by atoms with Gasteiger partial charge in [0.05, 0.1) is 32.0 Å². The zero-order chi connectivity index (χ0) is 31.4. The van der Waals surface area contributed by atoms with Crippen molar-refractivity contribution in [2.45, 2.75) is 49.5 Å². The first-order valence-corrected chi connectivity index (χ1v) is 17.9. The minimum atomic E-state index is -4.39. The quantitative estimate of drug-likeness (QED) is 0.116. The van der Waals surface area contributed by atoms with Crippen molar-refractivity contribution in [3.8, 4) is 0 Å². The molecule has 2 aliphatic heterocycles. The molecule has 1 unspecified atom stereocenters. The number of alkyl halides is 2. The number of imidazole rings is 2. The maximum absolute atomic E-state index is 15.9. The molecule has 18 nitrogen and oxygen atoms in total. The summed E-state index contributed by atoms with van der Waals surface area (Å²) in [6, 6.07) is 0. The van der Waals surface area contributed by atoms with E-state index in [1.54, 1.807) is 0 Å². The van der Waals surface area contributed by atoms with E-state index in [4.69, 9.17) is 34.5 Å². The summed E-state index contributed by atoms with van der Waals surface area (Å²) in [6.07, 6.45) is -5.49. The number of halogens is 2. The predicted molar refractivity (Wildman–Crippen MR) is 154 cm³/mol. The second-order valence-corrected chi connectivity index (χ2v) is 15.2. The van der Waals surface area contributed by atoms with E-state index < -0.39 is 69.8 Å². The van der Waals surface area contributed by atoms with Crippen LogP contribution >= 0.6 is 25.8 Å². The number of aromatic nitrogens is 8. The molecule has 0 aliphatic carbocycles. The van der Waals surface area contributed by atoms with E-state index in [0.29, 0.717) is 0 Å². The first-order valence-electron chi connectivity index (χ1n) is 12.6. The Labute approximate surface area is 256 Å². The zero-order valence-electron chi connectivity index (χ0n) is 22.1. The van der Waals surface area contributed by atoms with Crippen molar-refractivity contribution in [2.24, 2.45) is 0 Å². The highest BCUT2D eigenvalue weighted by Crippen LogP contribution is 2.57. The lowest BCUT2D eigenvalue weighted by Gasteiger charge is -2.24. The standard InChI is InChI=1S/C20H24F2N10O8P2S2/c21-9-1-8(38-19(9)31-6-29-12-15(23)25-4-27-17(12)31)2-37-42(35,44)40-14-10(3-36-41(33,34)43)39-20(11(14)22)32-7-30-13-16(24)26-5-28-18(13)32/h4-11,14,19-20H,1-3H2,(H,35,44)(H2,23,25,27)(H2,24,26,28)(H2,33,34,43)/t8-,9+,10+,11+,14+,19+,20+,42?/m0/s1. The summed E-state index contributed by atoms with van der Waals surface area (Å²) in [5, 5.41) is 0. The van der Waals surface area contributed by atoms with Gasteiger partial charge in [-0.1, -0.05) is 12.2 Å². The second kappa shape index (κ2) is 12.0. The van der Waals surface area contributed by atoms with E-state index in [9.17, 15) is 14.4 Å². The van der Waals surface area contributed by atoms with Crippen molar-refractivity contribution in [3.05, 3.63) is 25.3 Å². The number of ether oxygens (including phenoxy) is 2. The van der Waals surface area contributed by atoms with Crippen LogP contribution in [0.25, 0.3) is 22.3 Å². The second-order valence-electron chi connectivity index (χ2n) is 9.70. The van der Waals surface area contributed by atoms with Crippen molar-refractivity contribution in [3.63, 3.8) is 0 Å². The third-order valence-electron chi connectivity index (χ3n) is 6.80. The Morgan fingerprint density at radius 3 is 2.14 bits per heavy atom. The maximum atomic E-state index is 15.9. The van der Waals surface area contributed by atoms with E-state index >= 15 is 8.78 Å². The van der Waals surface area contributed by atoms with Crippen LogP contribution in [0.4, 0.5) is 20.4 Å². The molecule has 0 saturated carbocycles. The minimum absolute atomic E-state index is 0.0369. The number of thiol groups is 1. The molecule has 24 heteroatoms. The van der Waals surface area contributed by atoms with E-state index in [-0.39, 0.29) is 40.4 Å². The fourth-order valence-electron chi connectivity index (χ4n) is 4.88. The van der Waals surface area contributed by atoms with Gasteiger partial charge in [0.2, 0.25) is 0 Å². The molecule has 6 N–H and O–H groups in total. The van der Waals surface area contributed by atoms with Crippen LogP contribution in [0.1, 0.15) is 18.9 Å². The molecule has 0 radical (unpaired) electrons. The molecule has 0 spiro atoms. The van der Waals surface area contributed by atoms with E-state index in [0.717, 1.165) is 6.33 Å². The van der Waals surface area contributed by atoms with Gasteiger partial charge >= 0.3 is 13.5 Å². The summed E-state index contributed by atoms with van der Waals surface area (Å²) in [5.74, 6) is 0.148. The molecular formula is C20H24F2N10O8P2S2. The van der Waals surface area contributed by atoms with Gasteiger partial charge in [0.15, 0.2) is 41.6 Å². The fourth-order valence-corrected chi connectivity index (χ4v) is 6.90. The lowest BCUT2D eigenvalue weighted by atomic mass is 10.1. The topological polar surface area (TPSA) is 243 Å². The SMILES string of the molecule is Nc1ncnc2c1ncn2[C@@H]1O[C@H](COP(O)(O)=S)[C@@H](OP(=O)(S)OC[C@@H]2C[C@@H](F)[C@H](n3cnc4c(N)ncnc43)O2)[C@H]1F. The molecular weight excluding hydrogens is 672 g/mol. The third kappa shape index (κ3) is 6.29. The van der Waals surface area contributed by atoms with Crippen LogP contribution in [0.5, 0.6) is 0 Å². The molecule has 238 valence electrons. The minimum Gasteiger partial charge on any atom is -0.382 e. The van der Waals surface area contributed by atoms with Crippen molar-refractivity contribution in [1.29, 1.82) is 0 Å². The van der Waals surface area contributed by atoms with Crippen LogP contribution in [-0.2, 0) is 39.4 Å². The Bertz CT molecular complexity index is 1780. The molecule has 4 aromatic rings. The van der Waals surface area contributed by atoms with Gasteiger partial charge in [-0.25, -0.2) is 43.2 Å². The van der Waals surface area contributed by atoms with Gasteiger partial charge in [0.1, 0.15) is 42.1 Å². The number of hydrogen-bond acceptors (Lipinski definition) is 15. The van der Waals surface area contributed by atoms with Gasteiger partial charge in [-0.15, -0.1) is 0 Å². The van der Waals surface area contributed by atoms with Crippen LogP contribution in [-0.4, -0.2) is 92.7 Å². The smallest absolute Gasteiger partial charge is 0.382 e. The monoisotopic (exact) mass is 696 g/mol. The third-order valence-corrected chi connectivity index (χ3v) is 9.22. The Balaban J connectivity index is 1.15. The van der Waals surface area contributed by atoms with Crippen LogP contribution in [0, 0.1) is 0 Å². The van der Waals surface area contributed by atoms with E-state index in [1.807, 2.05) is 0 Å². The average molecular weight is 697 g/mol. The number of hydrogen-bond donors (Lipinski definition) is 5. The Morgan fingerprint density at radius 1 is 0.955 bits per heavy atom. The largest absolute Gasteiger partial charge is 0.386 e. The first-order chi connectivity index (χ1) is 20.8. The molecule has 0 amide bonds. The number of nitrogen functional groups attached to an aromatic ring is 2. The van der Waals surface area contributed by atoms with Gasteiger partial charge in [0, 0.05) is 6.42 Å². The molecule has 2 fully saturated rings. The summed E-state index contributed by atoms with van der Waals surface area (Å²) >= 11 is 8.44. The predicted octanol–water partition coefficient (Wildman–Crippen LogP) is 1.36. The zero-order valence-corrected chi connectivity index (χ0v) is 25.6. The molecule has 8 atom stereocenters. The number of nitrogens with zero attached hydrogens (tertiary/aromatic N) is 8. The lowest BCUT2D eigenvalue weighted by Crippen LogP contribution is -2.33. The van der Waals surface area contributed by atoms with Crippen molar-refractivity contribution in [1.82, 2.24) is 39.0 Å². The number of anilines is 2. The number of nitrogens with two attached hydrogens (primary N) is 2. The van der Waals surface area contributed by atoms with Crippen LogP contribution < -0.4 is 11.5 Å². The van der Waals surface area contributed by atoms with Crippen molar-refractivity contribution < 1.29 is 46.2 Å². The molecule has 6 rings (SSSR count). The highest BCUT2D eigenvalue weighted by molar-refractivity contribution is 8.44. The summed E-state index contributed by atoms with van der Waals surface area (Å²) in [7, 11) is 0. The maximum Gasteiger partial charge on any atom is 0.386 e. The summed E-state index contributed by atoms with van der Waals surface area (Å²) in [4.78, 5) is 43.1. The van der Waals surface area contributed by atoms with Crippen LogP contribution in [0.2, 0.25) is 0 Å². The molecule has 44 heavy (non-hydrogen) atoms. The van der Waals surface area contributed by atoms with Gasteiger partial charge in [-0.3, -0.25) is 18.2 Å². The normalized spacial score (nSPS) is 29.1. The Hall–Kier alpha value is -2.49. The van der Waals surface area contributed by atoms with Gasteiger partial charge in [-0.05, 0) is 11.8 Å². The Morgan fingerprint density at radius 2 is 1.55 bits per heavy atom. The average Bonchev–Trinajstić information content (AvgIpc) is 3.72. The molecule has 0 aromatic carbocycles. The van der Waals surface area contributed by atoms with Crippen molar-refractivity contribution in [2.75, 3.05) is 24.7 Å². The van der Waals surface area contributed by atoms with Gasteiger partial charge < -0.3 is 35.3 Å². The summed E-state index contributed by atoms with van der Waals surface area (Å²) in [5.41, 5.74) is 12.4. The van der Waals surface area contributed by atoms with Gasteiger partial charge in [-0.2, -0.15) is 0 Å². The lowest BCUT2D eigenvalue weighted by molar-refractivity contribution is -0.0441. The molecule has 6 heterocycles. The summed E-state index contributed by atoms with van der Waals surface area (Å²) < 4.78 is 73.9. The van der Waals surface area contributed by atoms with E-state index in [2.05, 4.69) is 54.0 Å². The number of fused-ring (bicyclic) bond motifs is 2. The fraction of sp³-hybridized carbons (Fsp3) is 0.500. The molecule has 0 bridgehead atoms. The number of rotatable bonds is 10. The van der Waals surface area contributed by atoms with E-state index in [1.165, 1.54) is 28.1 Å². The first kappa shape index (κ1) is 31.5. The van der Waals surface area contributed by atoms with Crippen LogP contribution in [0.15, 0.2) is 25.3 Å². The molecule has 4 aromatic heterocycles. The molecule has 2 aliphatic rings. The Kier molecular flexibility index (Phi) is 8.61. The van der Waals surface area contributed by atoms with Gasteiger partial charge in [0.25, 0.3) is 0 Å². The highest BCUT2D eigenvalue weighted by Gasteiger charge is 2.51. The van der Waals surface area contributed by atoms with Crippen molar-refractivity contribution >= 4 is 71.5 Å². The molecule has 2 saturated heterocycles. The summed E-state index contributed by atoms with van der Waals surface area (Å²) in [6.45, 7) is -9.69.